The molecule has 0 saturated carbocycles. The first-order valence-electron chi connectivity index (χ1n) is 28.8. The maximum absolute atomic E-state index is 14.4. The van der Waals surface area contributed by atoms with Crippen molar-refractivity contribution >= 4 is 70.6 Å². The van der Waals surface area contributed by atoms with Crippen LogP contribution in [0.15, 0.2) is 93.4 Å². The van der Waals surface area contributed by atoms with Crippen LogP contribution < -0.4 is 64.4 Å². The number of aliphatic carboxylic acids is 3. The minimum atomic E-state index is -1.07. The molecule has 6 amide bonds. The summed E-state index contributed by atoms with van der Waals surface area (Å²) in [6.45, 7) is 4.36. The molecule has 5 rings (SSSR count). The minimum absolute atomic E-state index is 0.0691. The monoisotopic (exact) mass is 1210 g/mol. The fourth-order valence-electron chi connectivity index (χ4n) is 9.29. The molecule has 29 heteroatoms. The van der Waals surface area contributed by atoms with Gasteiger partial charge in [0.1, 0.15) is 23.2 Å². The van der Waals surface area contributed by atoms with Crippen LogP contribution in [0.25, 0.3) is 0 Å². The van der Waals surface area contributed by atoms with Crippen molar-refractivity contribution in [1.82, 2.24) is 51.5 Å². The summed E-state index contributed by atoms with van der Waals surface area (Å²) in [7, 11) is 0. The highest BCUT2D eigenvalue weighted by molar-refractivity contribution is 5.93. The highest BCUT2D eigenvalue weighted by Crippen LogP contribution is 2.27. The number of phenols is 1. The second-order valence-corrected chi connectivity index (χ2v) is 20.6. The lowest BCUT2D eigenvalue weighted by molar-refractivity contribution is -0.140. The van der Waals surface area contributed by atoms with Crippen LogP contribution in [-0.4, -0.2) is 224 Å². The standard InChI is InChI=1S/C58H81N15O14/c1-2-45(75)61-23-25-66-58(87)69-57(59)65-19-6-10-44(55(85)67-34-39-11-17-43(74)18-12-39)68-56(86)50(40-8-4-3-5-9-40)41-13-15-42(16-14-41)60-20-7-21-63-51-52(54(84)53(51)83)64-24-22-62-46(76)35-70-26-28-71(36-47(77)78)30-32-73(38-49(81)82)33-31-72(29-27-70)37-48(79)80/h3-5,8-9,11-18,44,50,60,63-64,74H,2,6-7,10,19-38H2,1H3,(H,61,75)(H,62,76)(H,67,85)(H,68,86)(H,77,78)(H,79,80)(H,81,82)(H4,59,65,66,69,87)/t44?,50-/m0/s1. The molecule has 87 heavy (non-hydrogen) atoms. The van der Waals surface area contributed by atoms with Gasteiger partial charge < -0.3 is 74.0 Å². The molecular formula is C58H81N15O14. The summed E-state index contributed by atoms with van der Waals surface area (Å²) in [5.41, 5.74) is 7.54. The van der Waals surface area contributed by atoms with E-state index in [2.05, 4.69) is 52.8 Å². The fraction of sp³-hybridized carbons (Fsp3) is 0.466. The number of hydrogen-bond acceptors (Lipinski definition) is 18. The van der Waals surface area contributed by atoms with Gasteiger partial charge in [0, 0.05) is 117 Å². The Morgan fingerprint density at radius 2 is 1.02 bits per heavy atom. The molecule has 29 nitrogen and oxygen atoms in total. The number of urea groups is 1. The molecule has 0 aromatic heterocycles. The normalized spacial score (nSPS) is 14.7. The third-order valence-electron chi connectivity index (χ3n) is 13.9. The number of phenolic OH excluding ortho intramolecular Hbond substituents is 1. The maximum Gasteiger partial charge on any atom is 0.344 e. The number of amides is 6. The van der Waals surface area contributed by atoms with Crippen LogP contribution in [-0.2, 0) is 40.1 Å². The smallest absolute Gasteiger partial charge is 0.344 e. The number of anilines is 3. The highest BCUT2D eigenvalue weighted by Gasteiger charge is 2.29. The summed E-state index contributed by atoms with van der Waals surface area (Å²) in [5.74, 6) is -5.54. The zero-order valence-electron chi connectivity index (χ0n) is 48.8. The predicted molar refractivity (Wildman–Crippen MR) is 325 cm³/mol. The first kappa shape index (κ1) is 68.6. The van der Waals surface area contributed by atoms with Gasteiger partial charge in [-0.2, -0.15) is 4.99 Å². The number of guanidine groups is 1. The molecule has 0 spiro atoms. The van der Waals surface area contributed by atoms with Crippen LogP contribution in [0.1, 0.15) is 55.2 Å². The summed E-state index contributed by atoms with van der Waals surface area (Å²) in [6.07, 6.45) is 1.32. The van der Waals surface area contributed by atoms with Crippen molar-refractivity contribution in [2.45, 2.75) is 51.1 Å². The number of aromatic hydroxyl groups is 1. The van der Waals surface area contributed by atoms with E-state index in [9.17, 15) is 68.4 Å². The number of benzene rings is 3. The summed E-state index contributed by atoms with van der Waals surface area (Å²) >= 11 is 0. The molecule has 0 aliphatic carbocycles. The molecule has 4 aromatic rings. The molecular weight excluding hydrogens is 1130 g/mol. The molecule has 4 aromatic carbocycles. The van der Waals surface area contributed by atoms with Gasteiger partial charge >= 0.3 is 23.9 Å². The van der Waals surface area contributed by atoms with E-state index < -0.39 is 58.6 Å². The molecule has 1 aliphatic rings. The second kappa shape index (κ2) is 36.6. The molecule has 1 aliphatic heterocycles. The molecule has 1 heterocycles. The van der Waals surface area contributed by atoms with Gasteiger partial charge in [0.05, 0.1) is 32.1 Å². The van der Waals surface area contributed by atoms with Gasteiger partial charge in [-0.15, -0.1) is 0 Å². The lowest BCUT2D eigenvalue weighted by Crippen LogP contribution is -2.50. The van der Waals surface area contributed by atoms with Crippen molar-refractivity contribution < 1.29 is 58.8 Å². The van der Waals surface area contributed by atoms with E-state index in [1.165, 1.54) is 12.1 Å². The largest absolute Gasteiger partial charge is 0.508 e. The van der Waals surface area contributed by atoms with E-state index >= 15 is 0 Å². The quantitative estimate of drug-likeness (QED) is 0.0115. The lowest BCUT2D eigenvalue weighted by atomic mass is 9.90. The molecule has 0 radical (unpaired) electrons. The number of hydrogen-bond donors (Lipinski definition) is 14. The van der Waals surface area contributed by atoms with Gasteiger partial charge in [0.25, 0.3) is 10.9 Å². The lowest BCUT2D eigenvalue weighted by Gasteiger charge is -2.32. The number of carboxylic acids is 3. The van der Waals surface area contributed by atoms with Crippen LogP contribution in [0.5, 0.6) is 5.75 Å². The van der Waals surface area contributed by atoms with E-state index in [1.54, 1.807) is 50.8 Å². The summed E-state index contributed by atoms with van der Waals surface area (Å²) < 4.78 is 0. The van der Waals surface area contributed by atoms with Crippen LogP contribution in [0, 0.1) is 0 Å². The molecule has 1 fully saturated rings. The number of rotatable bonds is 33. The van der Waals surface area contributed by atoms with E-state index in [0.717, 1.165) is 11.3 Å². The van der Waals surface area contributed by atoms with Crippen LogP contribution in [0.4, 0.5) is 21.9 Å². The summed E-state index contributed by atoms with van der Waals surface area (Å²) in [4.78, 5) is 135. The van der Waals surface area contributed by atoms with Gasteiger partial charge in [0.15, 0.2) is 5.96 Å². The summed E-state index contributed by atoms with van der Waals surface area (Å²) in [6, 6.07) is 20.9. The number of aliphatic imine (C=N–C) groups is 1. The average Bonchev–Trinajstić information content (AvgIpc) is 1.09. The Labute approximate surface area is 503 Å². The maximum atomic E-state index is 14.4. The van der Waals surface area contributed by atoms with Crippen molar-refractivity contribution in [2.24, 2.45) is 10.7 Å². The van der Waals surface area contributed by atoms with Gasteiger partial charge in [-0.1, -0.05) is 61.5 Å². The fourth-order valence-corrected chi connectivity index (χ4v) is 9.29. The average molecular weight is 1210 g/mol. The molecule has 472 valence electrons. The number of nitrogens with two attached hydrogens (primary N) is 1. The number of carboxylic acid groups (broad SMARTS) is 3. The number of carbonyl (C=O) groups excluding carboxylic acids is 5. The second-order valence-electron chi connectivity index (χ2n) is 20.6. The molecule has 2 atom stereocenters. The zero-order valence-corrected chi connectivity index (χ0v) is 48.8. The predicted octanol–water partition coefficient (Wildman–Crippen LogP) is -1.24. The third kappa shape index (κ3) is 25.1. The van der Waals surface area contributed by atoms with E-state index in [4.69, 9.17) is 5.73 Å². The van der Waals surface area contributed by atoms with Crippen molar-refractivity contribution in [1.29, 1.82) is 0 Å². The first-order valence-corrected chi connectivity index (χ1v) is 28.8. The van der Waals surface area contributed by atoms with Crippen LogP contribution in [0.2, 0.25) is 0 Å². The molecule has 15 N–H and O–H groups in total. The topological polar surface area (TPSA) is 411 Å². The Kier molecular flexibility index (Phi) is 28.9. The summed E-state index contributed by atoms with van der Waals surface area (Å²) in [5, 5.41) is 64.1. The SMILES string of the molecule is CCC(=O)NCCNC(=O)/N=C(/N)NCCCC(NC(=O)[C@@H](c1ccccc1)c1ccc(NCCCNc2c(NCCNC(=O)CN3CCN(CC(=O)O)CCN(CC(=O)O)CCN(CC(=O)O)CC3)c(=O)c2=O)cc1)C(=O)NCc1ccc(O)cc1. The van der Waals surface area contributed by atoms with Gasteiger partial charge in [-0.25, -0.2) is 4.79 Å². The number of carbonyl (C=O) groups is 8. The van der Waals surface area contributed by atoms with E-state index in [-0.39, 0.29) is 159 Å². The Bertz CT molecular complexity index is 2970. The van der Waals surface area contributed by atoms with E-state index in [1.807, 2.05) is 42.5 Å². The molecule has 1 saturated heterocycles. The zero-order chi connectivity index (χ0) is 63.1. The molecule has 1 unspecified atom stereocenters. The van der Waals surface area contributed by atoms with Crippen LogP contribution >= 0.6 is 0 Å². The Hall–Kier alpha value is -9.19. The highest BCUT2D eigenvalue weighted by atomic mass is 16.4. The van der Waals surface area contributed by atoms with Crippen molar-refractivity contribution in [3.8, 4) is 5.75 Å². The minimum Gasteiger partial charge on any atom is -0.508 e. The van der Waals surface area contributed by atoms with E-state index in [0.29, 0.717) is 43.5 Å². The Morgan fingerprint density at radius 1 is 0.529 bits per heavy atom. The third-order valence-corrected chi connectivity index (χ3v) is 13.9. The molecule has 0 bridgehead atoms. The van der Waals surface area contributed by atoms with Gasteiger partial charge in [0.2, 0.25) is 23.6 Å². The Balaban J connectivity index is 1.11. The van der Waals surface area contributed by atoms with Crippen molar-refractivity contribution in [3.05, 3.63) is 116 Å². The van der Waals surface area contributed by atoms with Crippen molar-refractivity contribution in [3.63, 3.8) is 0 Å². The van der Waals surface area contributed by atoms with Crippen LogP contribution in [0.3, 0.4) is 0 Å². The van der Waals surface area contributed by atoms with Gasteiger partial charge in [-0.3, -0.25) is 62.8 Å². The number of nitrogens with zero attached hydrogens (tertiary/aromatic N) is 5. The van der Waals surface area contributed by atoms with Crippen molar-refractivity contribution in [2.75, 3.05) is 140 Å². The Morgan fingerprint density at radius 3 is 1.57 bits per heavy atom. The van der Waals surface area contributed by atoms with Gasteiger partial charge in [-0.05, 0) is 60.2 Å². The number of nitrogens with one attached hydrogen (secondary N) is 9. The first-order chi connectivity index (χ1) is 41.8.